The average Bonchev–Trinajstić information content (AvgIpc) is 4.00. The number of fused-ring (bicyclic) bond motifs is 1. The molecule has 22 heteroatoms. The molecule has 356 valence electrons. The Labute approximate surface area is 415 Å². The zero-order valence-corrected chi connectivity index (χ0v) is 40.3. The number of benzene rings is 4. The molecule has 2 aliphatic heterocycles. The molecule has 6 aromatic rings. The summed E-state index contributed by atoms with van der Waals surface area (Å²) in [4.78, 5) is 89.2. The van der Waals surface area contributed by atoms with Gasteiger partial charge in [-0.3, -0.25) is 24.1 Å². The van der Waals surface area contributed by atoms with Crippen molar-refractivity contribution < 1.29 is 53.3 Å². The average molecular weight is 1020 g/mol. The van der Waals surface area contributed by atoms with E-state index >= 15 is 0 Å². The summed E-state index contributed by atoms with van der Waals surface area (Å²) in [6.07, 6.45) is -0.344. The number of thiazole rings is 1. The third-order valence-electron chi connectivity index (χ3n) is 10.6. The zero-order chi connectivity index (χ0) is 49.5. The van der Waals surface area contributed by atoms with Crippen LogP contribution in [0.4, 0.5) is 5.13 Å². The van der Waals surface area contributed by atoms with Crippen LogP contribution in [0.25, 0.3) is 0 Å². The molecular weight excluding hydrogens is 979 g/mol. The first-order valence-corrected chi connectivity index (χ1v) is 24.6. The molecule has 0 aliphatic carbocycles. The first-order valence-electron chi connectivity index (χ1n) is 21.0. The van der Waals surface area contributed by atoms with Gasteiger partial charge in [0.05, 0.1) is 0 Å². The first-order chi connectivity index (χ1) is 33.7. The SMILES string of the molecule is CC(=O)Oc1ccc([C@@H](ON=C(C(=O)N[C@@H]2C(=O)N3C(C(=O)O)=C(C=CSc4nnc(C)s4)CS[C@@H]23)c2csc(NC(c3ccccc3)(c3ccccc3)c3ccccc3)n2)C(=O)O)cc1OC(C)=O. The first kappa shape index (κ1) is 48.8. The maximum absolute atomic E-state index is 14.6. The molecule has 3 atom stereocenters. The van der Waals surface area contributed by atoms with Crippen LogP contribution >= 0.6 is 46.2 Å². The second-order valence-corrected chi connectivity index (χ2v) is 19.5. The molecule has 2 aliphatic rings. The Morgan fingerprint density at radius 2 is 1.49 bits per heavy atom. The summed E-state index contributed by atoms with van der Waals surface area (Å²) in [5.41, 5.74) is 0.910. The van der Waals surface area contributed by atoms with Gasteiger partial charge in [-0.2, -0.15) is 0 Å². The van der Waals surface area contributed by atoms with Gasteiger partial charge < -0.3 is 35.2 Å². The van der Waals surface area contributed by atoms with E-state index in [1.165, 1.54) is 52.4 Å². The summed E-state index contributed by atoms with van der Waals surface area (Å²) in [7, 11) is 0. The van der Waals surface area contributed by atoms with Crippen LogP contribution in [0, 0.1) is 6.92 Å². The molecule has 0 spiro atoms. The number of carbonyl (C=O) groups excluding carboxylic acids is 4. The number of rotatable bonds is 18. The summed E-state index contributed by atoms with van der Waals surface area (Å²) in [6, 6.07) is 31.3. The van der Waals surface area contributed by atoms with Crippen molar-refractivity contribution in [3.05, 3.63) is 170 Å². The number of oxime groups is 1. The highest BCUT2D eigenvalue weighted by atomic mass is 32.2. The fourth-order valence-electron chi connectivity index (χ4n) is 7.58. The van der Waals surface area contributed by atoms with Gasteiger partial charge in [0.1, 0.15) is 33.4 Å². The molecule has 0 unspecified atom stereocenters. The smallest absolute Gasteiger partial charge is 0.352 e. The fourth-order valence-corrected chi connectivity index (χ4v) is 11.2. The molecule has 18 nitrogen and oxygen atoms in total. The lowest BCUT2D eigenvalue weighted by molar-refractivity contribution is -0.151. The van der Waals surface area contributed by atoms with Crippen molar-refractivity contribution in [1.29, 1.82) is 0 Å². The lowest BCUT2D eigenvalue weighted by Crippen LogP contribution is -2.71. The Bertz CT molecular complexity index is 2980. The lowest BCUT2D eigenvalue weighted by atomic mass is 9.77. The Kier molecular flexibility index (Phi) is 14.9. The second-order valence-electron chi connectivity index (χ2n) is 15.2. The van der Waals surface area contributed by atoms with E-state index in [0.717, 1.165) is 57.8 Å². The Hall–Kier alpha value is -7.66. The van der Waals surface area contributed by atoms with Crippen LogP contribution in [0.3, 0.4) is 0 Å². The Balaban J connectivity index is 1.15. The van der Waals surface area contributed by atoms with Crippen LogP contribution in [0.15, 0.2) is 147 Å². The van der Waals surface area contributed by atoms with Gasteiger partial charge in [0.25, 0.3) is 11.8 Å². The number of aryl methyl sites for hydroxylation is 1. The predicted molar refractivity (Wildman–Crippen MR) is 261 cm³/mol. The van der Waals surface area contributed by atoms with E-state index in [0.29, 0.717) is 15.0 Å². The number of hydrogen-bond donors (Lipinski definition) is 4. The molecule has 0 bridgehead atoms. The second kappa shape index (κ2) is 21.3. The van der Waals surface area contributed by atoms with Crippen molar-refractivity contribution in [3.63, 3.8) is 0 Å². The number of esters is 2. The van der Waals surface area contributed by atoms with Crippen molar-refractivity contribution >= 4 is 92.7 Å². The van der Waals surface area contributed by atoms with E-state index in [1.54, 1.807) is 11.5 Å². The predicted octanol–water partition coefficient (Wildman–Crippen LogP) is 7.15. The molecule has 2 amide bonds. The van der Waals surface area contributed by atoms with E-state index in [2.05, 4.69) is 26.0 Å². The Morgan fingerprint density at radius 1 is 0.871 bits per heavy atom. The minimum absolute atomic E-state index is 0.0790. The van der Waals surface area contributed by atoms with Gasteiger partial charge in [-0.1, -0.05) is 125 Å². The van der Waals surface area contributed by atoms with Crippen LogP contribution < -0.4 is 20.1 Å². The molecule has 4 N–H and O–H groups in total. The lowest BCUT2D eigenvalue weighted by Gasteiger charge is -2.49. The summed E-state index contributed by atoms with van der Waals surface area (Å²) < 4.78 is 11.0. The summed E-state index contributed by atoms with van der Waals surface area (Å²) in [5, 5.41) is 42.5. The third-order valence-corrected chi connectivity index (χ3v) is 14.3. The number of carboxylic acids is 2. The molecule has 70 heavy (non-hydrogen) atoms. The van der Waals surface area contributed by atoms with E-state index in [4.69, 9.17) is 19.3 Å². The molecular formula is C48H39N7O11S4. The topological polar surface area (TPSA) is 249 Å². The number of ether oxygens (including phenoxy) is 2. The van der Waals surface area contributed by atoms with E-state index in [9.17, 15) is 39.0 Å². The van der Waals surface area contributed by atoms with Crippen molar-refractivity contribution in [1.82, 2.24) is 25.4 Å². The number of carbonyl (C=O) groups is 6. The maximum atomic E-state index is 14.6. The number of carboxylic acid groups (broad SMARTS) is 2. The number of aromatic nitrogens is 3. The van der Waals surface area contributed by atoms with Gasteiger partial charge in [-0.05, 0) is 52.8 Å². The summed E-state index contributed by atoms with van der Waals surface area (Å²) in [5.74, 6) is -6.44. The van der Waals surface area contributed by atoms with E-state index in [-0.39, 0.29) is 34.2 Å². The van der Waals surface area contributed by atoms with Crippen molar-refractivity contribution in [2.75, 3.05) is 11.1 Å². The van der Waals surface area contributed by atoms with Crippen LogP contribution in [-0.4, -0.2) is 88.9 Å². The van der Waals surface area contributed by atoms with Gasteiger partial charge in [-0.15, -0.1) is 33.3 Å². The van der Waals surface area contributed by atoms with Crippen molar-refractivity contribution in [2.45, 2.75) is 48.2 Å². The van der Waals surface area contributed by atoms with Crippen LogP contribution in [0.1, 0.15) is 52.9 Å². The number of hydrogen-bond acceptors (Lipinski definition) is 18. The Morgan fingerprint density at radius 3 is 2.04 bits per heavy atom. The number of nitrogens with zero attached hydrogens (tertiary/aromatic N) is 5. The number of aliphatic carboxylic acids is 2. The number of thioether (sulfide) groups is 2. The van der Waals surface area contributed by atoms with E-state index < -0.39 is 64.5 Å². The largest absolute Gasteiger partial charge is 0.478 e. The van der Waals surface area contributed by atoms with Crippen LogP contribution in [0.5, 0.6) is 11.5 Å². The normalized spacial score (nSPS) is 16.2. The zero-order valence-electron chi connectivity index (χ0n) is 37.0. The summed E-state index contributed by atoms with van der Waals surface area (Å²) >= 11 is 4.97. The van der Waals surface area contributed by atoms with Gasteiger partial charge in [-0.25, -0.2) is 14.6 Å². The van der Waals surface area contributed by atoms with Gasteiger partial charge in [0.15, 0.2) is 26.7 Å². The highest BCUT2D eigenvalue weighted by Gasteiger charge is 2.54. The summed E-state index contributed by atoms with van der Waals surface area (Å²) in [6.45, 7) is 4.04. The molecule has 1 fully saturated rings. The highest BCUT2D eigenvalue weighted by molar-refractivity contribution is 8.03. The molecule has 1 saturated heterocycles. The van der Waals surface area contributed by atoms with Gasteiger partial charge >= 0.3 is 23.9 Å². The monoisotopic (exact) mass is 1020 g/mol. The van der Waals surface area contributed by atoms with Crippen molar-refractivity contribution in [3.8, 4) is 11.5 Å². The fraction of sp³-hybridized carbons (Fsp3) is 0.167. The van der Waals surface area contributed by atoms with Gasteiger partial charge in [0.2, 0.25) is 6.10 Å². The molecule has 2 aromatic heterocycles. The number of amides is 2. The minimum atomic E-state index is -1.94. The maximum Gasteiger partial charge on any atom is 0.352 e. The molecule has 0 saturated carbocycles. The van der Waals surface area contributed by atoms with Gasteiger partial charge in [0, 0.05) is 30.5 Å². The third kappa shape index (κ3) is 10.5. The van der Waals surface area contributed by atoms with Crippen LogP contribution in [-0.2, 0) is 39.1 Å². The standard InChI is InChI=1S/C48H39N7O11S4/c1-26-52-53-47(70-26)67-22-21-30-24-68-43-38(42(59)55(43)39(30)44(60)61)50-41(58)37(54-66-40(45(62)63)29-19-20-35(64-27(2)56)36(23-29)65-28(3)57)34-25-69-46(49-34)51-48(31-13-7-4-8-14-31,32-15-9-5-10-16-32)33-17-11-6-12-18-33/h4-23,25,38,40,43H,24H2,1-3H3,(H,49,51)(H,50,58)(H,60,61)(H,62,63)/t38-,40-,43+/m1/s1. The number of allylic oxidation sites excluding steroid dienone is 1. The quantitative estimate of drug-likeness (QED) is 0.0127. The number of anilines is 1. The molecule has 0 radical (unpaired) electrons. The van der Waals surface area contributed by atoms with E-state index in [1.807, 2.05) is 97.9 Å². The number of β-lactam (4-membered cyclic amide) rings is 1. The highest BCUT2D eigenvalue weighted by Crippen LogP contribution is 2.43. The molecule has 8 rings (SSSR count). The molecule has 4 aromatic carbocycles. The van der Waals surface area contributed by atoms with Crippen molar-refractivity contribution in [2.24, 2.45) is 5.16 Å². The molecule has 4 heterocycles. The van der Waals surface area contributed by atoms with Crippen LogP contribution in [0.2, 0.25) is 0 Å². The number of nitrogens with one attached hydrogen (secondary N) is 2. The minimum Gasteiger partial charge on any atom is -0.478 e.